The highest BCUT2D eigenvalue weighted by molar-refractivity contribution is 6.33. The van der Waals surface area contributed by atoms with Gasteiger partial charge in [-0.3, -0.25) is 0 Å². The molecule has 2 rings (SSSR count). The first kappa shape index (κ1) is 8.97. The van der Waals surface area contributed by atoms with Crippen LogP contribution in [0.2, 0.25) is 5.02 Å². The van der Waals surface area contributed by atoms with Gasteiger partial charge in [-0.15, -0.1) is 10.2 Å². The van der Waals surface area contributed by atoms with Gasteiger partial charge in [0.25, 0.3) is 0 Å². The highest BCUT2D eigenvalue weighted by Gasteiger charge is 2.05. The van der Waals surface area contributed by atoms with E-state index in [1.54, 1.807) is 6.07 Å². The van der Waals surface area contributed by atoms with Gasteiger partial charge in [0, 0.05) is 11.6 Å². The van der Waals surface area contributed by atoms with Crippen LogP contribution in [0.25, 0.3) is 11.3 Å². The van der Waals surface area contributed by atoms with Crippen LogP contribution in [-0.4, -0.2) is 10.2 Å². The van der Waals surface area contributed by atoms with Crippen molar-refractivity contribution in [2.45, 2.75) is 0 Å². The topological polar surface area (TPSA) is 51.8 Å². The number of nitrogen functional groups attached to an aromatic ring is 1. The fraction of sp³-hybridized carbons (Fsp3) is 0. The number of hydrogen-bond donors (Lipinski definition) is 1. The Hall–Kier alpha value is -1.61. The van der Waals surface area contributed by atoms with E-state index in [0.717, 1.165) is 5.56 Å². The van der Waals surface area contributed by atoms with Gasteiger partial charge < -0.3 is 5.73 Å². The Morgan fingerprint density at radius 2 is 1.79 bits per heavy atom. The Bertz CT molecular complexity index is 442. The van der Waals surface area contributed by atoms with E-state index in [4.69, 9.17) is 17.3 Å². The van der Waals surface area contributed by atoms with Gasteiger partial charge in [0.05, 0.1) is 5.02 Å². The minimum Gasteiger partial charge on any atom is -0.382 e. The molecular weight excluding hydrogens is 198 g/mol. The molecule has 0 unspecified atom stereocenters. The SMILES string of the molecule is Nc1cc(Cl)c(-c2ccccc2)nn1. The van der Waals surface area contributed by atoms with Crippen molar-refractivity contribution in [3.63, 3.8) is 0 Å². The van der Waals surface area contributed by atoms with E-state index in [2.05, 4.69) is 10.2 Å². The van der Waals surface area contributed by atoms with Crippen molar-refractivity contribution < 1.29 is 0 Å². The van der Waals surface area contributed by atoms with Crippen LogP contribution in [0.3, 0.4) is 0 Å². The number of rotatable bonds is 1. The molecule has 0 saturated heterocycles. The second-order valence-corrected chi connectivity index (χ2v) is 3.24. The molecule has 2 N–H and O–H groups in total. The zero-order valence-electron chi connectivity index (χ0n) is 7.31. The van der Waals surface area contributed by atoms with Crippen LogP contribution in [0, 0.1) is 0 Å². The van der Waals surface area contributed by atoms with Gasteiger partial charge in [0.15, 0.2) is 0 Å². The van der Waals surface area contributed by atoms with Crippen molar-refractivity contribution in [2.75, 3.05) is 5.73 Å². The van der Waals surface area contributed by atoms with Gasteiger partial charge in [-0.2, -0.15) is 0 Å². The number of benzene rings is 1. The molecule has 4 heteroatoms. The van der Waals surface area contributed by atoms with E-state index in [0.29, 0.717) is 16.5 Å². The van der Waals surface area contributed by atoms with E-state index in [1.165, 1.54) is 0 Å². The van der Waals surface area contributed by atoms with Crippen LogP contribution in [0.4, 0.5) is 5.82 Å². The molecule has 3 nitrogen and oxygen atoms in total. The van der Waals surface area contributed by atoms with Crippen molar-refractivity contribution in [1.82, 2.24) is 10.2 Å². The number of nitrogens with two attached hydrogens (primary N) is 1. The van der Waals surface area contributed by atoms with Gasteiger partial charge in [-0.05, 0) is 0 Å². The number of aromatic nitrogens is 2. The van der Waals surface area contributed by atoms with Gasteiger partial charge in [0.2, 0.25) is 0 Å². The average Bonchev–Trinajstić information content (AvgIpc) is 2.19. The fourth-order valence-corrected chi connectivity index (χ4v) is 1.43. The maximum atomic E-state index is 5.98. The molecule has 0 atom stereocenters. The Balaban J connectivity index is 2.53. The summed E-state index contributed by atoms with van der Waals surface area (Å²) in [4.78, 5) is 0. The highest BCUT2D eigenvalue weighted by atomic mass is 35.5. The summed E-state index contributed by atoms with van der Waals surface area (Å²) < 4.78 is 0. The van der Waals surface area contributed by atoms with Crippen molar-refractivity contribution >= 4 is 17.4 Å². The van der Waals surface area contributed by atoms with Crippen LogP contribution in [0.1, 0.15) is 0 Å². The van der Waals surface area contributed by atoms with Crippen molar-refractivity contribution in [2.24, 2.45) is 0 Å². The minimum absolute atomic E-state index is 0.328. The second kappa shape index (κ2) is 3.64. The number of nitrogens with zero attached hydrogens (tertiary/aromatic N) is 2. The first-order valence-corrected chi connectivity index (χ1v) is 4.49. The van der Waals surface area contributed by atoms with Crippen LogP contribution in [0.5, 0.6) is 0 Å². The Morgan fingerprint density at radius 1 is 1.07 bits per heavy atom. The summed E-state index contributed by atoms with van der Waals surface area (Å²) in [6.07, 6.45) is 0. The molecular formula is C10H8ClN3. The summed E-state index contributed by atoms with van der Waals surface area (Å²) in [5.41, 5.74) is 7.04. The summed E-state index contributed by atoms with van der Waals surface area (Å²) in [5.74, 6) is 0.328. The monoisotopic (exact) mass is 205 g/mol. The average molecular weight is 206 g/mol. The molecule has 0 aliphatic heterocycles. The molecule has 70 valence electrons. The Labute approximate surface area is 86.5 Å². The predicted octanol–water partition coefficient (Wildman–Crippen LogP) is 2.38. The van der Waals surface area contributed by atoms with Crippen LogP contribution >= 0.6 is 11.6 Å². The molecule has 1 aromatic carbocycles. The Morgan fingerprint density at radius 3 is 2.43 bits per heavy atom. The van der Waals surface area contributed by atoms with E-state index >= 15 is 0 Å². The van der Waals surface area contributed by atoms with Crippen molar-refractivity contribution in [3.05, 3.63) is 41.4 Å². The standard InChI is InChI=1S/C10H8ClN3/c11-8-6-9(12)13-14-10(8)7-4-2-1-3-5-7/h1-6H,(H2,12,13). The molecule has 1 aromatic heterocycles. The molecule has 0 aliphatic rings. The van der Waals surface area contributed by atoms with Crippen LogP contribution in [-0.2, 0) is 0 Å². The van der Waals surface area contributed by atoms with Gasteiger partial charge in [0.1, 0.15) is 11.5 Å². The lowest BCUT2D eigenvalue weighted by Gasteiger charge is -2.02. The fourth-order valence-electron chi connectivity index (χ4n) is 1.17. The summed E-state index contributed by atoms with van der Waals surface area (Å²) >= 11 is 5.98. The molecule has 0 radical (unpaired) electrons. The predicted molar refractivity (Wildman–Crippen MR) is 56.9 cm³/mol. The van der Waals surface area contributed by atoms with E-state index < -0.39 is 0 Å². The zero-order valence-corrected chi connectivity index (χ0v) is 8.07. The molecule has 0 amide bonds. The number of hydrogen-bond acceptors (Lipinski definition) is 3. The third-order valence-electron chi connectivity index (χ3n) is 1.81. The largest absolute Gasteiger partial charge is 0.382 e. The summed E-state index contributed by atoms with van der Waals surface area (Å²) in [5, 5.41) is 8.22. The van der Waals surface area contributed by atoms with E-state index in [1.807, 2.05) is 30.3 Å². The summed E-state index contributed by atoms with van der Waals surface area (Å²) in [6, 6.07) is 11.2. The van der Waals surface area contributed by atoms with Gasteiger partial charge in [-0.25, -0.2) is 0 Å². The molecule has 2 aromatic rings. The van der Waals surface area contributed by atoms with E-state index in [-0.39, 0.29) is 0 Å². The maximum Gasteiger partial charge on any atom is 0.147 e. The van der Waals surface area contributed by atoms with Crippen molar-refractivity contribution in [3.8, 4) is 11.3 Å². The Kier molecular flexibility index (Phi) is 2.33. The molecule has 0 saturated carbocycles. The normalized spacial score (nSPS) is 10.1. The molecule has 0 spiro atoms. The molecule has 0 aliphatic carbocycles. The lowest BCUT2D eigenvalue weighted by Crippen LogP contribution is -1.95. The number of halogens is 1. The lowest BCUT2D eigenvalue weighted by atomic mass is 10.1. The quantitative estimate of drug-likeness (QED) is 0.778. The van der Waals surface area contributed by atoms with Crippen LogP contribution in [0.15, 0.2) is 36.4 Å². The minimum atomic E-state index is 0.328. The lowest BCUT2D eigenvalue weighted by molar-refractivity contribution is 1.05. The molecule has 0 bridgehead atoms. The van der Waals surface area contributed by atoms with Gasteiger partial charge >= 0.3 is 0 Å². The zero-order chi connectivity index (χ0) is 9.97. The third kappa shape index (κ3) is 1.67. The first-order chi connectivity index (χ1) is 6.77. The highest BCUT2D eigenvalue weighted by Crippen LogP contribution is 2.25. The third-order valence-corrected chi connectivity index (χ3v) is 2.10. The maximum absolute atomic E-state index is 5.98. The van der Waals surface area contributed by atoms with Crippen LogP contribution < -0.4 is 5.73 Å². The van der Waals surface area contributed by atoms with Crippen molar-refractivity contribution in [1.29, 1.82) is 0 Å². The second-order valence-electron chi connectivity index (χ2n) is 2.83. The molecule has 1 heterocycles. The first-order valence-electron chi connectivity index (χ1n) is 4.11. The smallest absolute Gasteiger partial charge is 0.147 e. The summed E-state index contributed by atoms with van der Waals surface area (Å²) in [6.45, 7) is 0. The van der Waals surface area contributed by atoms with Gasteiger partial charge in [-0.1, -0.05) is 41.9 Å². The molecule has 0 fully saturated rings. The summed E-state index contributed by atoms with van der Waals surface area (Å²) in [7, 11) is 0. The molecule has 14 heavy (non-hydrogen) atoms. The number of anilines is 1. The van der Waals surface area contributed by atoms with E-state index in [9.17, 15) is 0 Å².